The van der Waals surface area contributed by atoms with Crippen LogP contribution in [0.2, 0.25) is 0 Å². The van der Waals surface area contributed by atoms with E-state index in [4.69, 9.17) is 0 Å². The Kier molecular flexibility index (Phi) is 4.93. The van der Waals surface area contributed by atoms with Crippen LogP contribution in [0, 0.1) is 6.92 Å². The third-order valence-corrected chi connectivity index (χ3v) is 3.25. The molecule has 2 rings (SSSR count). The molecule has 2 N–H and O–H groups in total. The highest BCUT2D eigenvalue weighted by atomic mass is 16.1. The van der Waals surface area contributed by atoms with Crippen LogP contribution in [0.1, 0.15) is 35.5 Å². The number of aromatic nitrogens is 1. The molecule has 1 aromatic carbocycles. The highest BCUT2D eigenvalue weighted by Crippen LogP contribution is 2.17. The Morgan fingerprint density at radius 1 is 1.19 bits per heavy atom. The van der Waals surface area contributed by atoms with Crippen molar-refractivity contribution >= 4 is 17.4 Å². The molecule has 0 fully saturated rings. The van der Waals surface area contributed by atoms with Crippen LogP contribution >= 0.6 is 0 Å². The zero-order valence-electron chi connectivity index (χ0n) is 12.7. The lowest BCUT2D eigenvalue weighted by Crippen LogP contribution is -2.14. The smallest absolute Gasteiger partial charge is 0.255 e. The van der Waals surface area contributed by atoms with Gasteiger partial charge in [0.05, 0.1) is 0 Å². The first kappa shape index (κ1) is 15.0. The number of nitrogens with one attached hydrogen (secondary N) is 2. The van der Waals surface area contributed by atoms with Crippen molar-refractivity contribution in [2.75, 3.05) is 17.2 Å². The molecule has 0 saturated heterocycles. The van der Waals surface area contributed by atoms with Crippen LogP contribution < -0.4 is 10.6 Å². The van der Waals surface area contributed by atoms with Crippen molar-refractivity contribution in [2.45, 2.75) is 27.2 Å². The van der Waals surface area contributed by atoms with E-state index in [1.807, 2.05) is 51.1 Å². The van der Waals surface area contributed by atoms with Crippen LogP contribution in [-0.4, -0.2) is 17.4 Å². The van der Waals surface area contributed by atoms with Gasteiger partial charge >= 0.3 is 0 Å². The van der Waals surface area contributed by atoms with Gasteiger partial charge < -0.3 is 10.6 Å². The molecule has 1 aromatic heterocycles. The van der Waals surface area contributed by atoms with E-state index in [0.717, 1.165) is 35.7 Å². The normalized spacial score (nSPS) is 10.2. The summed E-state index contributed by atoms with van der Waals surface area (Å²) in [6.07, 6.45) is 0.796. The predicted octanol–water partition coefficient (Wildman–Crippen LogP) is 3.64. The number of para-hydroxylation sites is 1. The zero-order valence-corrected chi connectivity index (χ0v) is 12.7. The van der Waals surface area contributed by atoms with E-state index < -0.39 is 0 Å². The Bertz CT molecular complexity index is 638. The van der Waals surface area contributed by atoms with Crippen LogP contribution in [0.5, 0.6) is 0 Å². The molecule has 0 aliphatic heterocycles. The van der Waals surface area contributed by atoms with Crippen LogP contribution in [0.4, 0.5) is 11.5 Å². The number of benzene rings is 1. The van der Waals surface area contributed by atoms with E-state index in [1.54, 1.807) is 6.07 Å². The van der Waals surface area contributed by atoms with Gasteiger partial charge in [-0.05, 0) is 44.0 Å². The molecule has 1 heterocycles. The lowest BCUT2D eigenvalue weighted by molar-refractivity contribution is 0.102. The SMILES string of the molecule is CCNc1cc(C(=O)Nc2ccccc2C)cc(CC)n1. The van der Waals surface area contributed by atoms with Gasteiger partial charge in [-0.3, -0.25) is 4.79 Å². The third kappa shape index (κ3) is 3.81. The second-order valence-corrected chi connectivity index (χ2v) is 4.89. The highest BCUT2D eigenvalue weighted by Gasteiger charge is 2.10. The average Bonchev–Trinajstić information content (AvgIpc) is 2.49. The van der Waals surface area contributed by atoms with Gasteiger partial charge in [0.15, 0.2) is 0 Å². The number of aryl methyl sites for hydroxylation is 2. The Balaban J connectivity index is 2.26. The Morgan fingerprint density at radius 2 is 1.95 bits per heavy atom. The quantitative estimate of drug-likeness (QED) is 0.881. The third-order valence-electron chi connectivity index (χ3n) is 3.25. The molecule has 21 heavy (non-hydrogen) atoms. The molecule has 0 aliphatic carbocycles. The number of hydrogen-bond donors (Lipinski definition) is 2. The molecule has 1 amide bonds. The monoisotopic (exact) mass is 283 g/mol. The summed E-state index contributed by atoms with van der Waals surface area (Å²) in [6.45, 7) is 6.79. The van der Waals surface area contributed by atoms with Crippen molar-refractivity contribution in [1.29, 1.82) is 0 Å². The largest absolute Gasteiger partial charge is 0.370 e. The summed E-state index contributed by atoms with van der Waals surface area (Å²) in [7, 11) is 0. The maximum Gasteiger partial charge on any atom is 0.255 e. The molecule has 0 radical (unpaired) electrons. The fourth-order valence-electron chi connectivity index (χ4n) is 2.08. The molecule has 0 aliphatic rings. The lowest BCUT2D eigenvalue weighted by atomic mass is 10.1. The number of pyridine rings is 1. The van der Waals surface area contributed by atoms with Gasteiger partial charge in [-0.15, -0.1) is 0 Å². The second-order valence-electron chi connectivity index (χ2n) is 4.89. The average molecular weight is 283 g/mol. The van der Waals surface area contributed by atoms with E-state index in [0.29, 0.717) is 5.56 Å². The lowest BCUT2D eigenvalue weighted by Gasteiger charge is -2.11. The minimum Gasteiger partial charge on any atom is -0.370 e. The number of carbonyl (C=O) groups excluding carboxylic acids is 1. The van der Waals surface area contributed by atoms with Gasteiger partial charge in [-0.2, -0.15) is 0 Å². The molecule has 4 nitrogen and oxygen atoms in total. The van der Waals surface area contributed by atoms with Crippen LogP contribution in [0.3, 0.4) is 0 Å². The Morgan fingerprint density at radius 3 is 2.62 bits per heavy atom. The predicted molar refractivity (Wildman–Crippen MR) is 86.9 cm³/mol. The number of amides is 1. The van der Waals surface area contributed by atoms with E-state index in [1.165, 1.54) is 0 Å². The van der Waals surface area contributed by atoms with Crippen molar-refractivity contribution in [3.8, 4) is 0 Å². The summed E-state index contributed by atoms with van der Waals surface area (Å²) in [5, 5.41) is 6.11. The number of hydrogen-bond acceptors (Lipinski definition) is 3. The van der Waals surface area contributed by atoms with Gasteiger partial charge in [0.1, 0.15) is 5.82 Å². The first-order chi connectivity index (χ1) is 10.1. The summed E-state index contributed by atoms with van der Waals surface area (Å²) in [4.78, 5) is 16.9. The molecule has 0 saturated carbocycles. The van der Waals surface area contributed by atoms with Crippen molar-refractivity contribution in [1.82, 2.24) is 4.98 Å². The first-order valence-corrected chi connectivity index (χ1v) is 7.25. The number of anilines is 2. The van der Waals surface area contributed by atoms with Gasteiger partial charge in [-0.25, -0.2) is 4.98 Å². The van der Waals surface area contributed by atoms with Gasteiger partial charge in [-0.1, -0.05) is 25.1 Å². The maximum absolute atomic E-state index is 12.4. The summed E-state index contributed by atoms with van der Waals surface area (Å²) in [6, 6.07) is 11.4. The summed E-state index contributed by atoms with van der Waals surface area (Å²) < 4.78 is 0. The van der Waals surface area contributed by atoms with Crippen LogP contribution in [-0.2, 0) is 6.42 Å². The molecular weight excluding hydrogens is 262 g/mol. The molecule has 0 unspecified atom stereocenters. The standard InChI is InChI=1S/C17H21N3O/c1-4-14-10-13(11-16(19-14)18-5-2)17(21)20-15-9-7-6-8-12(15)3/h6-11H,4-5H2,1-3H3,(H,18,19)(H,20,21). The second kappa shape index (κ2) is 6.88. The molecule has 2 aromatic rings. The van der Waals surface area contributed by atoms with Crippen molar-refractivity contribution in [3.05, 3.63) is 53.2 Å². The molecule has 4 heteroatoms. The van der Waals surface area contributed by atoms with Gasteiger partial charge in [0, 0.05) is 23.5 Å². The van der Waals surface area contributed by atoms with Crippen LogP contribution in [0.15, 0.2) is 36.4 Å². The van der Waals surface area contributed by atoms with E-state index in [9.17, 15) is 4.79 Å². The van der Waals surface area contributed by atoms with Gasteiger partial charge in [0.25, 0.3) is 5.91 Å². The zero-order chi connectivity index (χ0) is 15.2. The Labute approximate surface area is 125 Å². The highest BCUT2D eigenvalue weighted by molar-refractivity contribution is 6.05. The van der Waals surface area contributed by atoms with Crippen molar-refractivity contribution in [3.63, 3.8) is 0 Å². The minimum atomic E-state index is -0.111. The summed E-state index contributed by atoms with van der Waals surface area (Å²) >= 11 is 0. The summed E-state index contributed by atoms with van der Waals surface area (Å²) in [5.74, 6) is 0.632. The molecular formula is C17H21N3O. The topological polar surface area (TPSA) is 54.0 Å². The first-order valence-electron chi connectivity index (χ1n) is 7.25. The van der Waals surface area contributed by atoms with E-state index in [2.05, 4.69) is 15.6 Å². The number of carbonyl (C=O) groups is 1. The number of nitrogens with zero attached hydrogens (tertiary/aromatic N) is 1. The molecule has 0 atom stereocenters. The summed E-state index contributed by atoms with van der Waals surface area (Å²) in [5.41, 5.74) is 3.41. The van der Waals surface area contributed by atoms with Crippen molar-refractivity contribution < 1.29 is 4.79 Å². The van der Waals surface area contributed by atoms with Gasteiger partial charge in [0.2, 0.25) is 0 Å². The van der Waals surface area contributed by atoms with Crippen molar-refractivity contribution in [2.24, 2.45) is 0 Å². The number of rotatable bonds is 5. The molecule has 0 bridgehead atoms. The Hall–Kier alpha value is -2.36. The fraction of sp³-hybridized carbons (Fsp3) is 0.294. The minimum absolute atomic E-state index is 0.111. The maximum atomic E-state index is 12.4. The fourth-order valence-corrected chi connectivity index (χ4v) is 2.08. The molecule has 0 spiro atoms. The van der Waals surface area contributed by atoms with E-state index in [-0.39, 0.29) is 5.91 Å². The van der Waals surface area contributed by atoms with E-state index >= 15 is 0 Å². The molecule has 110 valence electrons. The van der Waals surface area contributed by atoms with Crippen LogP contribution in [0.25, 0.3) is 0 Å².